The van der Waals surface area contributed by atoms with Crippen LogP contribution in [0.2, 0.25) is 0 Å². The van der Waals surface area contributed by atoms with Crippen LogP contribution in [0.15, 0.2) is 66.1 Å². The van der Waals surface area contributed by atoms with Crippen molar-refractivity contribution in [3.8, 4) is 11.8 Å². The van der Waals surface area contributed by atoms with Crippen molar-refractivity contribution >= 4 is 32.1 Å². The van der Waals surface area contributed by atoms with E-state index in [-0.39, 0.29) is 39.2 Å². The van der Waals surface area contributed by atoms with E-state index in [0.29, 0.717) is 0 Å². The first kappa shape index (κ1) is 20.7. The van der Waals surface area contributed by atoms with Crippen LogP contribution < -0.4 is 0 Å². The molecule has 0 aliphatic rings. The zero-order valence-electron chi connectivity index (χ0n) is 16.5. The van der Waals surface area contributed by atoms with Crippen LogP contribution in [-0.2, 0) is 22.7 Å². The van der Waals surface area contributed by atoms with Crippen molar-refractivity contribution in [1.82, 2.24) is 28.3 Å². The molecule has 0 spiro atoms. The number of hydrogen-bond acceptors (Lipinski definition) is 6. The number of fused-ring (bicyclic) bond motifs is 3. The normalized spacial score (nSPS) is 12.4. The Kier molecular flexibility index (Phi) is 4.50. The van der Waals surface area contributed by atoms with Crippen molar-refractivity contribution in [3.05, 3.63) is 67.0 Å². The lowest BCUT2D eigenvalue weighted by molar-refractivity contribution is -0.145. The Balaban J connectivity index is 1.82. The minimum Gasteiger partial charge on any atom is -0.285 e. The number of aromatic nitrogens is 6. The molecule has 4 aromatic heterocycles. The van der Waals surface area contributed by atoms with Crippen LogP contribution >= 0.6 is 0 Å². The van der Waals surface area contributed by atoms with Gasteiger partial charge in [0.15, 0.2) is 5.65 Å². The highest BCUT2D eigenvalue weighted by Crippen LogP contribution is 2.36. The van der Waals surface area contributed by atoms with Gasteiger partial charge < -0.3 is 0 Å². The van der Waals surface area contributed by atoms with Gasteiger partial charge in [0, 0.05) is 11.6 Å². The topological polar surface area (TPSA) is 111 Å². The molecule has 13 heteroatoms. The summed E-state index contributed by atoms with van der Waals surface area (Å²) in [6, 6.07) is 10.9. The Labute approximate surface area is 184 Å². The highest BCUT2D eigenvalue weighted by Gasteiger charge is 2.39. The zero-order valence-corrected chi connectivity index (χ0v) is 17.3. The SMILES string of the molecule is N#CCn1cc(-n2c(C(F)(F)F)nc3cnc4c(ccn4S(=O)(=O)c4ccccc4)c32)cn1. The van der Waals surface area contributed by atoms with Crippen LogP contribution in [0.4, 0.5) is 13.2 Å². The minimum absolute atomic E-state index is 0.00617. The van der Waals surface area contributed by atoms with Gasteiger partial charge in [-0.2, -0.15) is 23.5 Å². The van der Waals surface area contributed by atoms with Gasteiger partial charge in [-0.15, -0.1) is 0 Å². The fraction of sp³-hybridized carbons (Fsp3) is 0.100. The Morgan fingerprint density at radius 3 is 2.55 bits per heavy atom. The first-order chi connectivity index (χ1) is 15.7. The molecule has 0 amide bonds. The van der Waals surface area contributed by atoms with E-state index in [4.69, 9.17) is 5.26 Å². The molecule has 5 rings (SSSR count). The van der Waals surface area contributed by atoms with Gasteiger partial charge in [0.05, 0.1) is 40.8 Å². The van der Waals surface area contributed by atoms with Crippen LogP contribution in [-0.4, -0.2) is 36.7 Å². The van der Waals surface area contributed by atoms with E-state index >= 15 is 0 Å². The van der Waals surface area contributed by atoms with Crippen molar-refractivity contribution < 1.29 is 21.6 Å². The van der Waals surface area contributed by atoms with E-state index in [1.165, 1.54) is 41.5 Å². The molecule has 0 saturated heterocycles. The quantitative estimate of drug-likeness (QED) is 0.397. The maximum absolute atomic E-state index is 13.9. The maximum Gasteiger partial charge on any atom is 0.450 e. The highest BCUT2D eigenvalue weighted by molar-refractivity contribution is 7.90. The van der Waals surface area contributed by atoms with Gasteiger partial charge in [0.2, 0.25) is 5.82 Å². The van der Waals surface area contributed by atoms with Crippen molar-refractivity contribution in [2.45, 2.75) is 17.6 Å². The second kappa shape index (κ2) is 7.17. The zero-order chi connectivity index (χ0) is 23.4. The lowest BCUT2D eigenvalue weighted by atomic mass is 10.3. The number of halogens is 3. The fourth-order valence-corrected chi connectivity index (χ4v) is 4.92. The predicted molar refractivity (Wildman–Crippen MR) is 110 cm³/mol. The second-order valence-electron chi connectivity index (χ2n) is 6.98. The average Bonchev–Trinajstić information content (AvgIpc) is 3.50. The van der Waals surface area contributed by atoms with Gasteiger partial charge in [0.1, 0.15) is 12.1 Å². The molecule has 0 aliphatic heterocycles. The van der Waals surface area contributed by atoms with Crippen LogP contribution in [0, 0.1) is 11.3 Å². The lowest BCUT2D eigenvalue weighted by Crippen LogP contribution is -2.13. The Morgan fingerprint density at radius 1 is 1.09 bits per heavy atom. The molecular weight excluding hydrogens is 459 g/mol. The number of hydrogen-bond donors (Lipinski definition) is 0. The molecule has 0 radical (unpaired) electrons. The summed E-state index contributed by atoms with van der Waals surface area (Å²) in [5, 5.41) is 12.9. The molecule has 9 nitrogen and oxygen atoms in total. The molecule has 4 heterocycles. The van der Waals surface area contributed by atoms with Gasteiger partial charge in [-0.25, -0.2) is 22.4 Å². The number of nitrogens with zero attached hydrogens (tertiary/aromatic N) is 7. The molecule has 1 aromatic carbocycles. The van der Waals surface area contributed by atoms with E-state index in [9.17, 15) is 21.6 Å². The highest BCUT2D eigenvalue weighted by atomic mass is 32.2. The number of imidazole rings is 1. The average molecular weight is 471 g/mol. The second-order valence-corrected chi connectivity index (χ2v) is 8.80. The minimum atomic E-state index is -4.82. The maximum atomic E-state index is 13.9. The van der Waals surface area contributed by atoms with Gasteiger partial charge in [0.25, 0.3) is 10.0 Å². The lowest BCUT2D eigenvalue weighted by Gasteiger charge is -2.10. The Hall–Kier alpha value is -4.18. The summed E-state index contributed by atoms with van der Waals surface area (Å²) in [4.78, 5) is 7.82. The Bertz CT molecular complexity index is 1660. The van der Waals surface area contributed by atoms with E-state index in [2.05, 4.69) is 15.1 Å². The first-order valence-electron chi connectivity index (χ1n) is 9.38. The van der Waals surface area contributed by atoms with E-state index in [0.717, 1.165) is 14.7 Å². The molecule has 0 N–H and O–H groups in total. The van der Waals surface area contributed by atoms with Crippen molar-refractivity contribution in [2.75, 3.05) is 0 Å². The molecule has 0 saturated carbocycles. The number of rotatable bonds is 4. The third-order valence-electron chi connectivity index (χ3n) is 4.96. The molecule has 0 bridgehead atoms. The summed E-state index contributed by atoms with van der Waals surface area (Å²) in [6.45, 7) is -0.156. The van der Waals surface area contributed by atoms with Crippen LogP contribution in [0.5, 0.6) is 0 Å². The number of alkyl halides is 3. The molecule has 33 heavy (non-hydrogen) atoms. The number of benzene rings is 1. The van der Waals surface area contributed by atoms with Gasteiger partial charge >= 0.3 is 6.18 Å². The third kappa shape index (κ3) is 3.23. The number of nitriles is 1. The van der Waals surface area contributed by atoms with E-state index in [1.54, 1.807) is 18.2 Å². The van der Waals surface area contributed by atoms with E-state index < -0.39 is 22.0 Å². The standard InChI is InChI=1S/C20H12F3N7O2S/c21-20(22,23)19-27-16-11-25-18-15(17(16)30(19)13-10-26-28(12-13)9-7-24)6-8-29(18)33(31,32)14-4-2-1-3-5-14/h1-6,8,10-12H,9H2. The monoisotopic (exact) mass is 471 g/mol. The molecule has 0 unspecified atom stereocenters. The molecule has 166 valence electrons. The first-order valence-corrected chi connectivity index (χ1v) is 10.8. The third-order valence-corrected chi connectivity index (χ3v) is 6.64. The molecule has 0 atom stereocenters. The smallest absolute Gasteiger partial charge is 0.285 e. The summed E-state index contributed by atoms with van der Waals surface area (Å²) in [5.41, 5.74) is -0.0829. The summed E-state index contributed by atoms with van der Waals surface area (Å²) in [5.74, 6) is -1.22. The van der Waals surface area contributed by atoms with Gasteiger partial charge in [-0.3, -0.25) is 9.25 Å². The molecule has 0 aliphatic carbocycles. The van der Waals surface area contributed by atoms with Crippen LogP contribution in [0.3, 0.4) is 0 Å². The fourth-order valence-electron chi connectivity index (χ4n) is 3.59. The van der Waals surface area contributed by atoms with Crippen molar-refractivity contribution in [3.63, 3.8) is 0 Å². The van der Waals surface area contributed by atoms with E-state index in [1.807, 2.05) is 6.07 Å². The molecular formula is C20H12F3N7O2S. The summed E-state index contributed by atoms with van der Waals surface area (Å²) in [6.07, 6.45) is -0.0220. The Morgan fingerprint density at radius 2 is 1.85 bits per heavy atom. The van der Waals surface area contributed by atoms with Crippen molar-refractivity contribution in [2.24, 2.45) is 0 Å². The molecule has 5 aromatic rings. The van der Waals surface area contributed by atoms with Crippen LogP contribution in [0.1, 0.15) is 5.82 Å². The van der Waals surface area contributed by atoms with Crippen LogP contribution in [0.25, 0.3) is 27.8 Å². The number of pyridine rings is 1. The van der Waals surface area contributed by atoms with Crippen molar-refractivity contribution in [1.29, 1.82) is 5.26 Å². The summed E-state index contributed by atoms with van der Waals surface area (Å²) in [7, 11) is -4.04. The summed E-state index contributed by atoms with van der Waals surface area (Å²) >= 11 is 0. The van der Waals surface area contributed by atoms with Gasteiger partial charge in [-0.1, -0.05) is 18.2 Å². The van der Waals surface area contributed by atoms with Gasteiger partial charge in [-0.05, 0) is 18.2 Å². The largest absolute Gasteiger partial charge is 0.450 e. The summed E-state index contributed by atoms with van der Waals surface area (Å²) < 4.78 is 70.8. The predicted octanol–water partition coefficient (Wildman–Crippen LogP) is 3.35. The molecule has 0 fully saturated rings.